The van der Waals surface area contributed by atoms with E-state index in [1.165, 1.54) is 28.6 Å². The number of ether oxygens (including phenoxy) is 1. The average Bonchev–Trinajstić information content (AvgIpc) is 3.15. The van der Waals surface area contributed by atoms with E-state index >= 15 is 0 Å². The van der Waals surface area contributed by atoms with E-state index in [9.17, 15) is 26.8 Å². The molecule has 4 rings (SSSR count). The van der Waals surface area contributed by atoms with E-state index in [0.717, 1.165) is 41.9 Å². The van der Waals surface area contributed by atoms with Crippen LogP contribution < -0.4 is 4.80 Å². The minimum atomic E-state index is -3.68. The molecule has 2 aromatic carbocycles. The van der Waals surface area contributed by atoms with Crippen LogP contribution in [-0.2, 0) is 26.1 Å². The van der Waals surface area contributed by atoms with Crippen molar-refractivity contribution in [2.75, 3.05) is 20.2 Å². The molecule has 1 amide bonds. The highest BCUT2D eigenvalue weighted by atomic mass is 32.2. The summed E-state index contributed by atoms with van der Waals surface area (Å²) in [7, 11) is -2.51. The highest BCUT2D eigenvalue weighted by Gasteiger charge is 2.28. The van der Waals surface area contributed by atoms with Crippen molar-refractivity contribution >= 4 is 43.5 Å². The monoisotopic (exact) mass is 523 g/mol. The Morgan fingerprint density at radius 1 is 1.14 bits per heavy atom. The molecule has 0 N–H and O–H groups in total. The second-order valence-corrected chi connectivity index (χ2v) is 11.3. The Bertz CT molecular complexity index is 1450. The number of aromatic nitrogens is 1. The first-order valence-corrected chi connectivity index (χ1v) is 13.1. The van der Waals surface area contributed by atoms with Crippen LogP contribution >= 0.6 is 11.3 Å². The molecule has 0 bridgehead atoms. The molecule has 35 heavy (non-hydrogen) atoms. The quantitative estimate of drug-likeness (QED) is 0.478. The number of methoxy groups -OCH3 is 1. The second-order valence-electron chi connectivity index (χ2n) is 8.31. The van der Waals surface area contributed by atoms with Gasteiger partial charge in [0.1, 0.15) is 12.4 Å². The summed E-state index contributed by atoms with van der Waals surface area (Å²) >= 11 is 0.839. The fourth-order valence-electron chi connectivity index (χ4n) is 3.85. The Labute approximate surface area is 204 Å². The van der Waals surface area contributed by atoms with Gasteiger partial charge in [-0.15, -0.1) is 0 Å². The summed E-state index contributed by atoms with van der Waals surface area (Å²) in [5, 5.41) is 0. The lowest BCUT2D eigenvalue weighted by Crippen LogP contribution is -2.37. The van der Waals surface area contributed by atoms with Crippen LogP contribution in [0.1, 0.15) is 30.1 Å². The predicted molar refractivity (Wildman–Crippen MR) is 125 cm³/mol. The number of halogens is 2. The minimum absolute atomic E-state index is 0.0287. The Hall–Kier alpha value is -2.96. The lowest BCUT2D eigenvalue weighted by molar-refractivity contribution is -0.141. The smallest absolute Gasteiger partial charge is 0.325 e. The van der Waals surface area contributed by atoms with Crippen LogP contribution in [-0.4, -0.2) is 49.4 Å². The lowest BCUT2D eigenvalue weighted by Gasteiger charge is -2.29. The van der Waals surface area contributed by atoms with E-state index in [4.69, 9.17) is 0 Å². The Morgan fingerprint density at radius 2 is 1.80 bits per heavy atom. The molecule has 8 nitrogen and oxygen atoms in total. The molecule has 1 fully saturated rings. The molecule has 1 aliphatic heterocycles. The third kappa shape index (κ3) is 5.19. The van der Waals surface area contributed by atoms with Gasteiger partial charge in [0.2, 0.25) is 10.0 Å². The van der Waals surface area contributed by atoms with E-state index < -0.39 is 40.1 Å². The number of carbonyl (C=O) groups excluding carboxylic acids is 2. The van der Waals surface area contributed by atoms with Crippen molar-refractivity contribution in [2.24, 2.45) is 10.9 Å². The first-order chi connectivity index (χ1) is 16.6. The van der Waals surface area contributed by atoms with E-state index in [0.29, 0.717) is 25.1 Å². The lowest BCUT2D eigenvalue weighted by atomic mass is 10.0. The zero-order chi connectivity index (χ0) is 25.3. The maximum absolute atomic E-state index is 14.5. The third-order valence-electron chi connectivity index (χ3n) is 5.89. The average molecular weight is 524 g/mol. The van der Waals surface area contributed by atoms with E-state index in [1.54, 1.807) is 0 Å². The maximum Gasteiger partial charge on any atom is 0.325 e. The summed E-state index contributed by atoms with van der Waals surface area (Å²) in [4.78, 5) is 28.7. The summed E-state index contributed by atoms with van der Waals surface area (Å²) in [6, 6.07) is 7.15. The van der Waals surface area contributed by atoms with Gasteiger partial charge in [-0.2, -0.15) is 9.30 Å². The minimum Gasteiger partial charge on any atom is -0.468 e. The Kier molecular flexibility index (Phi) is 7.15. The summed E-state index contributed by atoms with van der Waals surface area (Å²) in [5.41, 5.74) is 0.0237. The van der Waals surface area contributed by atoms with Crippen LogP contribution in [0.5, 0.6) is 0 Å². The molecule has 0 radical (unpaired) electrons. The number of rotatable bonds is 5. The number of amides is 1. The van der Waals surface area contributed by atoms with E-state index in [-0.39, 0.29) is 25.5 Å². The van der Waals surface area contributed by atoms with E-state index in [1.807, 2.05) is 0 Å². The molecule has 0 aliphatic carbocycles. The van der Waals surface area contributed by atoms with Gasteiger partial charge in [-0.3, -0.25) is 9.59 Å². The third-order valence-corrected chi connectivity index (χ3v) is 8.83. The van der Waals surface area contributed by atoms with Crippen molar-refractivity contribution in [3.63, 3.8) is 0 Å². The maximum atomic E-state index is 14.5. The Balaban J connectivity index is 1.67. The van der Waals surface area contributed by atoms with Crippen molar-refractivity contribution in [2.45, 2.75) is 31.2 Å². The zero-order valence-electron chi connectivity index (χ0n) is 19.0. The highest BCUT2D eigenvalue weighted by Crippen LogP contribution is 2.25. The molecule has 2 heterocycles. The van der Waals surface area contributed by atoms with Crippen molar-refractivity contribution in [1.29, 1.82) is 0 Å². The molecular formula is C23H23F2N3O5S2. The standard InChI is InChI=1S/C23H23F2N3O5S2/c1-14-7-9-27(10-8-14)35(31,32)17-5-3-15(4-6-17)22(30)26-23-28(13-20(29)33-2)21-18(25)11-16(24)12-19(21)34-23/h3-6,11-12,14H,7-10,13H2,1-2H3. The van der Waals surface area contributed by atoms with Crippen LogP contribution in [0.4, 0.5) is 8.78 Å². The van der Waals surface area contributed by atoms with Crippen molar-refractivity contribution in [3.05, 3.63) is 58.4 Å². The van der Waals surface area contributed by atoms with Gasteiger partial charge in [-0.1, -0.05) is 18.3 Å². The molecule has 1 aliphatic rings. The summed E-state index contributed by atoms with van der Waals surface area (Å²) in [6.45, 7) is 2.55. The summed E-state index contributed by atoms with van der Waals surface area (Å²) in [6.07, 6.45) is 1.58. The molecule has 1 aromatic heterocycles. The first-order valence-electron chi connectivity index (χ1n) is 10.8. The molecule has 3 aromatic rings. The number of piperidine rings is 1. The predicted octanol–water partition coefficient (Wildman–Crippen LogP) is 3.32. The van der Waals surface area contributed by atoms with Crippen LogP contribution in [0.2, 0.25) is 0 Å². The first kappa shape index (κ1) is 25.1. The van der Waals surface area contributed by atoms with Gasteiger partial charge < -0.3 is 9.30 Å². The number of thiazole rings is 1. The Morgan fingerprint density at radius 3 is 2.43 bits per heavy atom. The number of nitrogens with zero attached hydrogens (tertiary/aromatic N) is 3. The number of esters is 1. The number of hydrogen-bond acceptors (Lipinski definition) is 6. The van der Waals surface area contributed by atoms with Gasteiger partial charge in [-0.25, -0.2) is 17.2 Å². The fourth-order valence-corrected chi connectivity index (χ4v) is 6.39. The van der Waals surface area contributed by atoms with E-state index in [2.05, 4.69) is 16.7 Å². The van der Waals surface area contributed by atoms with Crippen molar-refractivity contribution in [1.82, 2.24) is 8.87 Å². The number of benzene rings is 2. The van der Waals surface area contributed by atoms with Crippen molar-refractivity contribution < 1.29 is 31.5 Å². The molecular weight excluding hydrogens is 500 g/mol. The van der Waals surface area contributed by atoms with Crippen LogP contribution in [0, 0.1) is 17.6 Å². The molecule has 12 heteroatoms. The number of fused-ring (bicyclic) bond motifs is 1. The molecule has 0 atom stereocenters. The van der Waals surface area contributed by atoms with Gasteiger partial charge >= 0.3 is 5.97 Å². The van der Waals surface area contributed by atoms with Gasteiger partial charge in [0.05, 0.1) is 22.2 Å². The fraction of sp³-hybridized carbons (Fsp3) is 0.348. The van der Waals surface area contributed by atoms with Crippen LogP contribution in [0.15, 0.2) is 46.3 Å². The second kappa shape index (κ2) is 9.96. The molecule has 0 unspecified atom stereocenters. The van der Waals surface area contributed by atoms with Gasteiger partial charge in [0, 0.05) is 24.7 Å². The number of sulfonamides is 1. The summed E-state index contributed by atoms with van der Waals surface area (Å²) in [5.74, 6) is -2.67. The number of hydrogen-bond donors (Lipinski definition) is 0. The molecule has 186 valence electrons. The van der Waals surface area contributed by atoms with Gasteiger partial charge in [0.15, 0.2) is 10.6 Å². The molecule has 0 saturated carbocycles. The van der Waals surface area contributed by atoms with Crippen molar-refractivity contribution in [3.8, 4) is 0 Å². The number of carbonyl (C=O) groups is 2. The van der Waals surface area contributed by atoms with Gasteiger partial charge in [-0.05, 0) is 49.1 Å². The largest absolute Gasteiger partial charge is 0.468 e. The van der Waals surface area contributed by atoms with Gasteiger partial charge in [0.25, 0.3) is 5.91 Å². The topological polar surface area (TPSA) is 98.0 Å². The molecule has 0 spiro atoms. The van der Waals surface area contributed by atoms with Crippen LogP contribution in [0.25, 0.3) is 10.2 Å². The molecule has 1 saturated heterocycles. The van der Waals surface area contributed by atoms with Crippen LogP contribution in [0.3, 0.4) is 0 Å². The zero-order valence-corrected chi connectivity index (χ0v) is 20.7. The SMILES string of the molecule is COC(=O)Cn1c(=NC(=O)c2ccc(S(=O)(=O)N3CCC(C)CC3)cc2)sc2cc(F)cc(F)c21. The highest BCUT2D eigenvalue weighted by molar-refractivity contribution is 7.89. The summed E-state index contributed by atoms with van der Waals surface area (Å²) < 4.78 is 61.4. The normalized spacial score (nSPS) is 16.1.